The number of Topliss-reactive ketones (excluding diaryl/α,β-unsaturated/α-hetero) is 1. The van der Waals surface area contributed by atoms with Gasteiger partial charge in [-0.05, 0) is 48.9 Å². The van der Waals surface area contributed by atoms with E-state index in [1.165, 1.54) is 0 Å². The molecule has 1 fully saturated rings. The molecule has 1 aromatic heterocycles. The lowest BCUT2D eigenvalue weighted by atomic mass is 9.63. The minimum Gasteiger partial charge on any atom is -0.307 e. The van der Waals surface area contributed by atoms with Gasteiger partial charge in [0.2, 0.25) is 0 Å². The molecule has 1 amide bonds. The van der Waals surface area contributed by atoms with Gasteiger partial charge in [-0.25, -0.2) is 4.98 Å². The Bertz CT molecular complexity index is 1070. The van der Waals surface area contributed by atoms with E-state index in [4.69, 9.17) is 4.99 Å². The van der Waals surface area contributed by atoms with Gasteiger partial charge in [0.05, 0.1) is 5.92 Å². The third-order valence-electron chi connectivity index (χ3n) is 6.04. The van der Waals surface area contributed by atoms with Gasteiger partial charge < -0.3 is 5.32 Å². The summed E-state index contributed by atoms with van der Waals surface area (Å²) in [5.74, 6) is -0.343. The first-order valence-electron chi connectivity index (χ1n) is 10.4. The Morgan fingerprint density at radius 1 is 1.03 bits per heavy atom. The molecule has 5 heteroatoms. The number of anilines is 1. The summed E-state index contributed by atoms with van der Waals surface area (Å²) in [5, 5.41) is 2.90. The van der Waals surface area contributed by atoms with Crippen molar-refractivity contribution in [3.05, 3.63) is 71.1 Å². The van der Waals surface area contributed by atoms with E-state index < -0.39 is 5.92 Å². The average Bonchev–Trinajstić information content (AvgIpc) is 2.67. The van der Waals surface area contributed by atoms with Crippen molar-refractivity contribution in [2.75, 3.05) is 5.32 Å². The summed E-state index contributed by atoms with van der Waals surface area (Å²) in [6.07, 6.45) is 2.89. The zero-order chi connectivity index (χ0) is 21.5. The predicted octanol–water partition coefficient (Wildman–Crippen LogP) is 4.85. The molecule has 5 nitrogen and oxygen atoms in total. The Morgan fingerprint density at radius 3 is 2.47 bits per heavy atom. The van der Waals surface area contributed by atoms with Crippen LogP contribution in [0.4, 0.5) is 5.82 Å². The highest BCUT2D eigenvalue weighted by Crippen LogP contribution is 2.47. The molecule has 1 aliphatic heterocycles. The maximum Gasteiger partial charge on any atom is 0.255 e. The molecule has 2 atom stereocenters. The zero-order valence-corrected chi connectivity index (χ0v) is 17.9. The van der Waals surface area contributed by atoms with Crippen molar-refractivity contribution in [3.8, 4) is 0 Å². The summed E-state index contributed by atoms with van der Waals surface area (Å²) in [7, 11) is 0. The molecule has 0 saturated heterocycles. The van der Waals surface area contributed by atoms with Gasteiger partial charge >= 0.3 is 0 Å². The number of benzene rings is 1. The number of nitrogens with zero attached hydrogens (tertiary/aromatic N) is 2. The van der Waals surface area contributed by atoms with E-state index in [1.807, 2.05) is 44.2 Å². The van der Waals surface area contributed by atoms with Gasteiger partial charge in [-0.3, -0.25) is 14.6 Å². The first kappa shape index (κ1) is 20.2. The quantitative estimate of drug-likeness (QED) is 0.799. The second-order valence-corrected chi connectivity index (χ2v) is 9.07. The number of pyridine rings is 1. The smallest absolute Gasteiger partial charge is 0.255 e. The molecule has 4 rings (SSSR count). The number of carbonyl (C=O) groups excluding carboxylic acids is 2. The molecular formula is C25H27N3O2. The molecule has 30 heavy (non-hydrogen) atoms. The van der Waals surface area contributed by atoms with Crippen LogP contribution in [-0.4, -0.2) is 22.4 Å². The Morgan fingerprint density at radius 2 is 1.77 bits per heavy atom. The van der Waals surface area contributed by atoms with E-state index in [0.29, 0.717) is 23.5 Å². The minimum absolute atomic E-state index is 0.114. The number of carbonyl (C=O) groups is 2. The van der Waals surface area contributed by atoms with Crippen LogP contribution in [0, 0.1) is 18.3 Å². The van der Waals surface area contributed by atoms with E-state index in [1.54, 1.807) is 18.3 Å². The molecule has 1 aliphatic carbocycles. The van der Waals surface area contributed by atoms with Crippen molar-refractivity contribution in [2.24, 2.45) is 16.3 Å². The first-order chi connectivity index (χ1) is 14.3. The van der Waals surface area contributed by atoms with Crippen LogP contribution in [0.25, 0.3) is 0 Å². The lowest BCUT2D eigenvalue weighted by Crippen LogP contribution is -2.44. The van der Waals surface area contributed by atoms with Gasteiger partial charge in [0.1, 0.15) is 11.6 Å². The molecule has 1 N–H and O–H groups in total. The summed E-state index contributed by atoms with van der Waals surface area (Å²) in [6.45, 7) is 8.11. The summed E-state index contributed by atoms with van der Waals surface area (Å²) in [5.41, 5.74) is 4.09. The summed E-state index contributed by atoms with van der Waals surface area (Å²) in [6, 6.07) is 13.4. The van der Waals surface area contributed by atoms with Crippen molar-refractivity contribution in [2.45, 2.75) is 46.5 Å². The number of aryl methyl sites for hydroxylation is 1. The van der Waals surface area contributed by atoms with Gasteiger partial charge in [-0.15, -0.1) is 0 Å². The van der Waals surface area contributed by atoms with Crippen LogP contribution in [-0.2, 0) is 9.59 Å². The van der Waals surface area contributed by atoms with Crippen LogP contribution < -0.4 is 5.32 Å². The Kier molecular flexibility index (Phi) is 5.14. The van der Waals surface area contributed by atoms with E-state index in [0.717, 1.165) is 23.3 Å². The van der Waals surface area contributed by atoms with Crippen LogP contribution in [0.3, 0.4) is 0 Å². The lowest BCUT2D eigenvalue weighted by molar-refractivity contribution is -0.124. The Labute approximate surface area is 177 Å². The number of nitrogens with one attached hydrogen (secondary N) is 1. The fourth-order valence-corrected chi connectivity index (χ4v) is 4.78. The van der Waals surface area contributed by atoms with Crippen LogP contribution in [0.1, 0.15) is 50.7 Å². The number of amides is 1. The van der Waals surface area contributed by atoms with Crippen LogP contribution >= 0.6 is 0 Å². The summed E-state index contributed by atoms with van der Waals surface area (Å²) >= 11 is 0. The highest BCUT2D eigenvalue weighted by atomic mass is 16.2. The first-order valence-corrected chi connectivity index (χ1v) is 10.4. The molecule has 154 valence electrons. The molecule has 0 spiro atoms. The molecule has 2 aromatic rings. The van der Waals surface area contributed by atoms with Crippen LogP contribution in [0.15, 0.2) is 64.9 Å². The highest BCUT2D eigenvalue weighted by molar-refractivity contribution is 6.14. The normalized spacial score (nSPS) is 22.9. The second-order valence-electron chi connectivity index (χ2n) is 9.07. The van der Waals surface area contributed by atoms with E-state index >= 15 is 0 Å². The molecular weight excluding hydrogens is 374 g/mol. The number of hydrogen-bond acceptors (Lipinski definition) is 4. The number of aromatic nitrogens is 1. The summed E-state index contributed by atoms with van der Waals surface area (Å²) in [4.78, 5) is 35.7. The number of ketones is 1. The maximum atomic E-state index is 13.4. The van der Waals surface area contributed by atoms with Crippen LogP contribution in [0.2, 0.25) is 0 Å². The number of hydrogen-bond donors (Lipinski definition) is 1. The number of rotatable bonds is 3. The predicted molar refractivity (Wildman–Crippen MR) is 118 cm³/mol. The Balaban J connectivity index is 1.84. The fraction of sp³-hybridized carbons (Fsp3) is 0.360. The second kappa shape index (κ2) is 7.63. The molecule has 2 heterocycles. The Hall–Kier alpha value is -3.08. The standard InChI is InChI=1S/C25H27N3O2/c1-15-9-5-6-10-17(15)22-21(24(30)28-20-11-7-8-12-26-20)16(2)27-18-13-25(3,4)14-19(29)23(18)22/h5-12,22-23H,13-14H2,1-4H3,(H,26,28,30)/t22-,23?/m0/s1. The molecule has 0 radical (unpaired) electrons. The third kappa shape index (κ3) is 3.72. The SMILES string of the molecule is CC1=C(C(=O)Nc2ccccn2)[C@H](c2ccccc2C)C2C(=O)CC(C)(C)CC2=N1. The minimum atomic E-state index is -0.396. The largest absolute Gasteiger partial charge is 0.307 e. The van der Waals surface area contributed by atoms with Crippen molar-refractivity contribution in [1.82, 2.24) is 4.98 Å². The number of allylic oxidation sites excluding steroid dienone is 1. The third-order valence-corrected chi connectivity index (χ3v) is 6.04. The molecule has 1 aromatic carbocycles. The van der Waals surface area contributed by atoms with E-state index in [2.05, 4.69) is 24.1 Å². The summed E-state index contributed by atoms with van der Waals surface area (Å²) < 4.78 is 0. The van der Waals surface area contributed by atoms with Crippen molar-refractivity contribution in [3.63, 3.8) is 0 Å². The molecule has 1 saturated carbocycles. The topological polar surface area (TPSA) is 71.4 Å². The van der Waals surface area contributed by atoms with Gasteiger partial charge in [0.15, 0.2) is 0 Å². The molecule has 1 unspecified atom stereocenters. The molecule has 2 aliphatic rings. The van der Waals surface area contributed by atoms with Crippen molar-refractivity contribution in [1.29, 1.82) is 0 Å². The maximum absolute atomic E-state index is 13.4. The highest BCUT2D eigenvalue weighted by Gasteiger charge is 2.47. The van der Waals surface area contributed by atoms with Gasteiger partial charge in [-0.2, -0.15) is 0 Å². The van der Waals surface area contributed by atoms with Crippen molar-refractivity contribution < 1.29 is 9.59 Å². The van der Waals surface area contributed by atoms with Gasteiger partial charge in [0.25, 0.3) is 5.91 Å². The molecule has 0 bridgehead atoms. The number of aliphatic imine (C=N–C) groups is 1. The van der Waals surface area contributed by atoms with Crippen molar-refractivity contribution >= 4 is 23.2 Å². The monoisotopic (exact) mass is 401 g/mol. The van der Waals surface area contributed by atoms with Crippen LogP contribution in [0.5, 0.6) is 0 Å². The zero-order valence-electron chi connectivity index (χ0n) is 17.9. The van der Waals surface area contributed by atoms with Gasteiger partial charge in [0, 0.05) is 35.5 Å². The fourth-order valence-electron chi connectivity index (χ4n) is 4.78. The average molecular weight is 402 g/mol. The van der Waals surface area contributed by atoms with E-state index in [-0.39, 0.29) is 23.0 Å². The van der Waals surface area contributed by atoms with Gasteiger partial charge in [-0.1, -0.05) is 44.2 Å². The van der Waals surface area contributed by atoms with E-state index in [9.17, 15) is 9.59 Å². The lowest BCUT2D eigenvalue weighted by Gasteiger charge is -2.41. The number of fused-ring (bicyclic) bond motifs is 1.